The van der Waals surface area contributed by atoms with Crippen molar-refractivity contribution in [1.29, 1.82) is 0 Å². The number of nitrogens with one attached hydrogen (secondary N) is 2. The van der Waals surface area contributed by atoms with Gasteiger partial charge in [0.1, 0.15) is 23.0 Å². The molecule has 0 radical (unpaired) electrons. The average molecular weight is 731 g/mol. The van der Waals surface area contributed by atoms with Gasteiger partial charge < -0.3 is 34.3 Å². The molecule has 1 aliphatic rings. The predicted molar refractivity (Wildman–Crippen MR) is 187 cm³/mol. The lowest BCUT2D eigenvalue weighted by Gasteiger charge is -2.37. The van der Waals surface area contributed by atoms with E-state index in [4.69, 9.17) is 14.0 Å². The van der Waals surface area contributed by atoms with Gasteiger partial charge >= 0.3 is 18.2 Å². The highest BCUT2D eigenvalue weighted by atomic mass is 28.3. The lowest BCUT2D eigenvalue weighted by molar-refractivity contribution is -0.143. The molecule has 0 saturated carbocycles. The number of piperidine rings is 1. The number of carbonyl (C=O) groups excluding carboxylic acids is 1. The van der Waals surface area contributed by atoms with Crippen molar-refractivity contribution in [2.24, 2.45) is 5.92 Å². The SMILES string of the molecule is Cc1noc(C)c1[C@@H](OCC[Si](C)(C)C)c1ccc2c(-c3nc(N[C@H]4C[C@H](C(=O)O)CN(C(=O)OC(C)(C)C)C4)ncc3C(F)(F)F)c[nH]c2c1. The minimum atomic E-state index is -4.78. The maximum Gasteiger partial charge on any atom is 0.419 e. The summed E-state index contributed by atoms with van der Waals surface area (Å²) >= 11 is 0. The molecule has 1 aromatic carbocycles. The number of benzene rings is 1. The number of aryl methyl sites for hydroxylation is 2. The minimum Gasteiger partial charge on any atom is -0.481 e. The molecule has 51 heavy (non-hydrogen) atoms. The number of fused-ring (bicyclic) bond motifs is 1. The molecule has 3 aromatic heterocycles. The normalized spacial score (nSPS) is 17.8. The Kier molecular flexibility index (Phi) is 10.6. The standard InChI is InChI=1S/C35H45F3N6O6Si/c1-19-28(20(2)50-43-19)30(48-11-12-51(6,7)8)21-9-10-24-25(15-39-27(24)14-21)29-26(35(36,37)38)16-40-32(42-29)41-23-13-22(31(45)46)17-44(18-23)33(47)49-34(3,4)5/h9-10,14-16,22-23,30,39H,11-13,17-18H2,1-8H3,(H,45,46)(H,40,41,42)/t22-,23-,30-/m0/s1. The molecule has 4 heterocycles. The molecule has 1 amide bonds. The Morgan fingerprint density at radius 1 is 1.18 bits per heavy atom. The number of nitrogens with zero attached hydrogens (tertiary/aromatic N) is 4. The summed E-state index contributed by atoms with van der Waals surface area (Å²) in [5.74, 6) is -1.57. The van der Waals surface area contributed by atoms with Gasteiger partial charge in [0.05, 0.1) is 22.9 Å². The molecule has 0 bridgehead atoms. The van der Waals surface area contributed by atoms with E-state index in [2.05, 4.69) is 45.1 Å². The van der Waals surface area contributed by atoms with Gasteiger partial charge in [-0.05, 0) is 58.7 Å². The van der Waals surface area contributed by atoms with Crippen LogP contribution in [0.3, 0.4) is 0 Å². The first-order valence-corrected chi connectivity index (χ1v) is 20.5. The number of hydrogen-bond acceptors (Lipinski definition) is 9. The fourth-order valence-electron chi connectivity index (χ4n) is 6.10. The van der Waals surface area contributed by atoms with E-state index in [0.29, 0.717) is 35.2 Å². The van der Waals surface area contributed by atoms with Crippen molar-refractivity contribution < 1.29 is 41.9 Å². The molecule has 0 unspecified atom stereocenters. The molecular weight excluding hydrogens is 686 g/mol. The number of aliphatic carboxylic acids is 1. The highest BCUT2D eigenvalue weighted by molar-refractivity contribution is 6.76. The van der Waals surface area contributed by atoms with Crippen LogP contribution in [0.2, 0.25) is 25.7 Å². The van der Waals surface area contributed by atoms with E-state index in [9.17, 15) is 27.9 Å². The van der Waals surface area contributed by atoms with Gasteiger partial charge in [-0.2, -0.15) is 13.2 Å². The Morgan fingerprint density at radius 2 is 1.90 bits per heavy atom. The highest BCUT2D eigenvalue weighted by Crippen LogP contribution is 2.40. The van der Waals surface area contributed by atoms with Gasteiger partial charge in [-0.3, -0.25) is 4.79 Å². The maximum atomic E-state index is 14.4. The number of carboxylic acids is 1. The average Bonchev–Trinajstić information content (AvgIpc) is 3.59. The molecule has 16 heteroatoms. The number of anilines is 1. The summed E-state index contributed by atoms with van der Waals surface area (Å²) in [6, 6.07) is 5.65. The number of likely N-dealkylation sites (tertiary alicyclic amines) is 1. The van der Waals surface area contributed by atoms with E-state index < -0.39 is 55.5 Å². The van der Waals surface area contributed by atoms with Crippen LogP contribution in [-0.2, 0) is 20.4 Å². The zero-order chi connectivity index (χ0) is 37.5. The molecule has 1 saturated heterocycles. The van der Waals surface area contributed by atoms with E-state index in [-0.39, 0.29) is 36.7 Å². The number of halogens is 3. The largest absolute Gasteiger partial charge is 0.481 e. The third-order valence-electron chi connectivity index (χ3n) is 8.63. The van der Waals surface area contributed by atoms with Crippen LogP contribution in [0.4, 0.5) is 23.9 Å². The summed E-state index contributed by atoms with van der Waals surface area (Å²) in [6.45, 7) is 16.0. The molecule has 5 rings (SSSR count). The van der Waals surface area contributed by atoms with Crippen LogP contribution in [0.15, 0.2) is 35.1 Å². The van der Waals surface area contributed by atoms with E-state index in [1.54, 1.807) is 26.8 Å². The third-order valence-corrected chi connectivity index (χ3v) is 10.3. The zero-order valence-electron chi connectivity index (χ0n) is 30.1. The number of hydrogen-bond donors (Lipinski definition) is 3. The van der Waals surface area contributed by atoms with Crippen LogP contribution in [0, 0.1) is 19.8 Å². The van der Waals surface area contributed by atoms with Crippen molar-refractivity contribution in [2.75, 3.05) is 25.0 Å². The Morgan fingerprint density at radius 3 is 2.51 bits per heavy atom. The number of alkyl halides is 3. The van der Waals surface area contributed by atoms with Crippen molar-refractivity contribution in [3.05, 3.63) is 58.7 Å². The van der Waals surface area contributed by atoms with Gasteiger partial charge in [0.25, 0.3) is 0 Å². The Balaban J connectivity index is 1.48. The maximum absolute atomic E-state index is 14.4. The smallest absolute Gasteiger partial charge is 0.419 e. The van der Waals surface area contributed by atoms with Crippen molar-refractivity contribution >= 4 is 37.0 Å². The fraction of sp³-hybridized carbons (Fsp3) is 0.514. The number of aromatic nitrogens is 4. The quantitative estimate of drug-likeness (QED) is 0.138. The molecule has 276 valence electrons. The number of H-pyrrole nitrogens is 1. The van der Waals surface area contributed by atoms with E-state index >= 15 is 0 Å². The summed E-state index contributed by atoms with van der Waals surface area (Å²) in [7, 11) is -1.41. The highest BCUT2D eigenvalue weighted by Gasteiger charge is 2.38. The lowest BCUT2D eigenvalue weighted by Crippen LogP contribution is -2.52. The summed E-state index contributed by atoms with van der Waals surface area (Å²) in [5, 5.41) is 17.4. The van der Waals surface area contributed by atoms with Crippen LogP contribution in [0.25, 0.3) is 22.2 Å². The summed E-state index contributed by atoms with van der Waals surface area (Å²) < 4.78 is 60.5. The Hall–Kier alpha value is -4.44. The van der Waals surface area contributed by atoms with Crippen LogP contribution >= 0.6 is 0 Å². The molecule has 1 fully saturated rings. The van der Waals surface area contributed by atoms with Gasteiger partial charge in [0.2, 0.25) is 5.95 Å². The Labute approximate surface area is 295 Å². The van der Waals surface area contributed by atoms with Crippen LogP contribution < -0.4 is 5.32 Å². The van der Waals surface area contributed by atoms with Gasteiger partial charge in [0.15, 0.2) is 0 Å². The number of carboxylic acid groups (broad SMARTS) is 1. The molecule has 3 atom stereocenters. The van der Waals surface area contributed by atoms with Gasteiger partial charge in [-0.15, -0.1) is 0 Å². The molecule has 0 spiro atoms. The summed E-state index contributed by atoms with van der Waals surface area (Å²) in [4.78, 5) is 37.5. The monoisotopic (exact) mass is 730 g/mol. The minimum absolute atomic E-state index is 0.0422. The second kappa shape index (κ2) is 14.3. The molecular formula is C35H45F3N6O6Si. The van der Waals surface area contributed by atoms with Crippen LogP contribution in [0.1, 0.15) is 61.4 Å². The first kappa shape index (κ1) is 37.8. The van der Waals surface area contributed by atoms with E-state index in [1.165, 1.54) is 11.1 Å². The molecule has 4 aromatic rings. The molecule has 0 aliphatic carbocycles. The van der Waals surface area contributed by atoms with Crippen molar-refractivity contribution in [3.63, 3.8) is 0 Å². The van der Waals surface area contributed by atoms with Crippen molar-refractivity contribution in [2.45, 2.75) is 90.6 Å². The first-order chi connectivity index (χ1) is 23.7. The molecule has 1 aliphatic heterocycles. The van der Waals surface area contributed by atoms with Gasteiger partial charge in [-0.25, -0.2) is 14.8 Å². The number of rotatable bonds is 10. The number of aromatic amines is 1. The summed E-state index contributed by atoms with van der Waals surface area (Å²) in [5.41, 5.74) is 0.838. The number of amides is 1. The van der Waals surface area contributed by atoms with Crippen molar-refractivity contribution in [3.8, 4) is 11.3 Å². The van der Waals surface area contributed by atoms with Crippen LogP contribution in [0.5, 0.6) is 0 Å². The number of carbonyl (C=O) groups is 2. The molecule has 3 N–H and O–H groups in total. The van der Waals surface area contributed by atoms with Gasteiger partial charge in [-0.1, -0.05) is 36.9 Å². The first-order valence-electron chi connectivity index (χ1n) is 16.8. The predicted octanol–water partition coefficient (Wildman–Crippen LogP) is 7.81. The second-order valence-corrected chi connectivity index (χ2v) is 20.9. The van der Waals surface area contributed by atoms with E-state index in [0.717, 1.165) is 17.2 Å². The second-order valence-electron chi connectivity index (χ2n) is 15.3. The number of ether oxygens (including phenoxy) is 2. The van der Waals surface area contributed by atoms with Crippen molar-refractivity contribution in [1.82, 2.24) is 25.0 Å². The summed E-state index contributed by atoms with van der Waals surface area (Å²) in [6.07, 6.45) is -3.70. The zero-order valence-corrected chi connectivity index (χ0v) is 31.1. The molecule has 12 nitrogen and oxygen atoms in total. The van der Waals surface area contributed by atoms with E-state index in [1.807, 2.05) is 26.0 Å². The van der Waals surface area contributed by atoms with Gasteiger partial charge in [0, 0.05) is 62.7 Å². The third kappa shape index (κ3) is 9.08. The lowest BCUT2D eigenvalue weighted by atomic mass is 9.94. The fourth-order valence-corrected chi connectivity index (χ4v) is 6.83. The Bertz CT molecular complexity index is 1880. The van der Waals surface area contributed by atoms with Crippen LogP contribution in [-0.4, -0.2) is 81.6 Å². The topological polar surface area (TPSA) is 156 Å².